The first-order chi connectivity index (χ1) is 15.5. The maximum absolute atomic E-state index is 12.4. The highest BCUT2D eigenvalue weighted by Crippen LogP contribution is 2.16. The molecule has 1 atom stereocenters. The van der Waals surface area contributed by atoms with E-state index in [0.717, 1.165) is 26.2 Å². The van der Waals surface area contributed by atoms with Crippen molar-refractivity contribution in [2.75, 3.05) is 37.6 Å². The lowest BCUT2D eigenvalue weighted by atomic mass is 10.2. The molecule has 8 heteroatoms. The number of aromatic amines is 1. The van der Waals surface area contributed by atoms with Crippen LogP contribution in [0.4, 0.5) is 5.69 Å². The van der Waals surface area contributed by atoms with Crippen LogP contribution >= 0.6 is 0 Å². The number of hydrogen-bond acceptors (Lipinski definition) is 5. The lowest BCUT2D eigenvalue weighted by Gasteiger charge is -2.39. The summed E-state index contributed by atoms with van der Waals surface area (Å²) in [5, 5.41) is 3.43. The second-order valence-corrected chi connectivity index (χ2v) is 8.19. The van der Waals surface area contributed by atoms with Gasteiger partial charge in [0.15, 0.2) is 0 Å². The summed E-state index contributed by atoms with van der Waals surface area (Å²) in [5.74, 6) is -0.109. The van der Waals surface area contributed by atoms with Crippen LogP contribution in [-0.2, 0) is 11.3 Å². The number of amides is 1. The van der Waals surface area contributed by atoms with E-state index in [2.05, 4.69) is 51.3 Å². The number of H-pyrrole nitrogens is 1. The normalized spacial score (nSPS) is 15.6. The summed E-state index contributed by atoms with van der Waals surface area (Å²) in [5.41, 5.74) is 0.885. The first-order valence-electron chi connectivity index (χ1n) is 11.1. The van der Waals surface area contributed by atoms with E-state index in [1.165, 1.54) is 10.3 Å². The lowest BCUT2D eigenvalue weighted by Crippen LogP contribution is -2.52. The number of carbonyl (C=O) groups excluding carboxylic acids is 1. The van der Waals surface area contributed by atoms with Crippen LogP contribution < -0.4 is 21.5 Å². The molecule has 0 spiro atoms. The Labute approximate surface area is 186 Å². The largest absolute Gasteiger partial charge is 0.369 e. The number of nitrogens with one attached hydrogen (secondary N) is 2. The first-order valence-corrected chi connectivity index (χ1v) is 11.1. The quantitative estimate of drug-likeness (QED) is 0.586. The van der Waals surface area contributed by atoms with Gasteiger partial charge >= 0.3 is 5.69 Å². The highest BCUT2D eigenvalue weighted by Gasteiger charge is 2.21. The molecule has 1 amide bonds. The molecule has 8 nitrogen and oxygen atoms in total. The summed E-state index contributed by atoms with van der Waals surface area (Å²) in [6.45, 7) is 6.72. The number of carbonyl (C=O) groups is 1. The van der Waals surface area contributed by atoms with Crippen LogP contribution in [-0.4, -0.2) is 59.1 Å². The Balaban J connectivity index is 1.27. The summed E-state index contributed by atoms with van der Waals surface area (Å²) < 4.78 is 1.45. The molecule has 0 saturated carbocycles. The number of anilines is 1. The molecule has 1 aromatic heterocycles. The minimum absolute atomic E-state index is 0.109. The maximum Gasteiger partial charge on any atom is 0.328 e. The Morgan fingerprint density at radius 1 is 1.00 bits per heavy atom. The number of benzene rings is 2. The summed E-state index contributed by atoms with van der Waals surface area (Å²) in [7, 11) is 0. The minimum Gasteiger partial charge on any atom is -0.369 e. The average molecular weight is 436 g/mol. The lowest BCUT2D eigenvalue weighted by molar-refractivity contribution is -0.121. The Kier molecular flexibility index (Phi) is 6.70. The van der Waals surface area contributed by atoms with Crippen molar-refractivity contribution in [3.8, 4) is 0 Å². The minimum atomic E-state index is -0.494. The molecule has 2 aromatic carbocycles. The Bertz CT molecular complexity index is 1180. The number of aromatic nitrogens is 2. The van der Waals surface area contributed by atoms with Crippen molar-refractivity contribution >= 4 is 22.5 Å². The standard InChI is InChI=1S/C24H29N5O3/c1-18(27-13-15-28(16-14-27)19-7-3-2-4-8-19)17-25-22(30)11-12-29-21-10-6-5-9-20(21)23(31)26-24(29)32/h2-10,18H,11-17H2,1H3,(H,25,30)(H,26,31,32). The Morgan fingerprint density at radius 2 is 1.69 bits per heavy atom. The van der Waals surface area contributed by atoms with Crippen molar-refractivity contribution in [3.05, 3.63) is 75.4 Å². The predicted molar refractivity (Wildman–Crippen MR) is 126 cm³/mol. The number of aryl methyl sites for hydroxylation is 1. The van der Waals surface area contributed by atoms with Crippen molar-refractivity contribution in [2.24, 2.45) is 0 Å². The molecule has 168 valence electrons. The fraction of sp³-hybridized carbons (Fsp3) is 0.375. The Morgan fingerprint density at radius 3 is 2.44 bits per heavy atom. The number of nitrogens with zero attached hydrogens (tertiary/aromatic N) is 3. The van der Waals surface area contributed by atoms with Gasteiger partial charge in [0.25, 0.3) is 5.56 Å². The van der Waals surface area contributed by atoms with Crippen LogP contribution in [0.1, 0.15) is 13.3 Å². The second-order valence-electron chi connectivity index (χ2n) is 8.19. The molecule has 0 aliphatic carbocycles. The van der Waals surface area contributed by atoms with Gasteiger partial charge in [-0.1, -0.05) is 30.3 Å². The van der Waals surface area contributed by atoms with Gasteiger partial charge in [-0.15, -0.1) is 0 Å². The van der Waals surface area contributed by atoms with E-state index in [-0.39, 0.29) is 24.9 Å². The van der Waals surface area contributed by atoms with Gasteiger partial charge in [0.1, 0.15) is 0 Å². The average Bonchev–Trinajstić information content (AvgIpc) is 2.83. The number of hydrogen-bond donors (Lipinski definition) is 2. The van der Waals surface area contributed by atoms with E-state index in [1.807, 2.05) is 6.07 Å². The fourth-order valence-corrected chi connectivity index (χ4v) is 4.22. The van der Waals surface area contributed by atoms with Gasteiger partial charge in [0, 0.05) is 57.4 Å². The summed E-state index contributed by atoms with van der Waals surface area (Å²) in [6, 6.07) is 17.6. The van der Waals surface area contributed by atoms with E-state index in [0.29, 0.717) is 17.4 Å². The van der Waals surface area contributed by atoms with E-state index in [4.69, 9.17) is 0 Å². The molecular formula is C24H29N5O3. The van der Waals surface area contributed by atoms with Crippen molar-refractivity contribution < 1.29 is 4.79 Å². The van der Waals surface area contributed by atoms with E-state index < -0.39 is 11.2 Å². The number of rotatable bonds is 7. The zero-order chi connectivity index (χ0) is 22.5. The van der Waals surface area contributed by atoms with Gasteiger partial charge in [-0.25, -0.2) is 4.79 Å². The van der Waals surface area contributed by atoms with Gasteiger partial charge in [0.2, 0.25) is 5.91 Å². The molecule has 0 radical (unpaired) electrons. The first kappa shape index (κ1) is 21.8. The number of para-hydroxylation sites is 2. The molecule has 2 N–H and O–H groups in total. The third kappa shape index (κ3) is 4.91. The highest BCUT2D eigenvalue weighted by molar-refractivity contribution is 5.78. The SMILES string of the molecule is CC(CNC(=O)CCn1c(=O)[nH]c(=O)c2ccccc21)N1CCN(c2ccccc2)CC1. The zero-order valence-electron chi connectivity index (χ0n) is 18.3. The Hall–Kier alpha value is -3.39. The number of piperazine rings is 1. The maximum atomic E-state index is 12.4. The van der Waals surface area contributed by atoms with E-state index in [9.17, 15) is 14.4 Å². The van der Waals surface area contributed by atoms with E-state index in [1.54, 1.807) is 24.3 Å². The molecule has 1 unspecified atom stereocenters. The van der Waals surface area contributed by atoms with Crippen LogP contribution in [0.15, 0.2) is 64.2 Å². The molecule has 1 saturated heterocycles. The van der Waals surface area contributed by atoms with Crippen LogP contribution in [0.25, 0.3) is 10.9 Å². The molecule has 1 aliphatic heterocycles. The molecule has 3 aromatic rings. The van der Waals surface area contributed by atoms with Crippen LogP contribution in [0.3, 0.4) is 0 Å². The van der Waals surface area contributed by atoms with Crippen molar-refractivity contribution in [2.45, 2.75) is 25.9 Å². The topological polar surface area (TPSA) is 90.4 Å². The summed E-state index contributed by atoms with van der Waals surface area (Å²) >= 11 is 0. The van der Waals surface area contributed by atoms with Crippen LogP contribution in [0.2, 0.25) is 0 Å². The third-order valence-electron chi connectivity index (χ3n) is 6.12. The molecular weight excluding hydrogens is 406 g/mol. The molecule has 4 rings (SSSR count). The smallest absolute Gasteiger partial charge is 0.328 e. The van der Waals surface area contributed by atoms with Crippen molar-refractivity contribution in [3.63, 3.8) is 0 Å². The van der Waals surface area contributed by atoms with Crippen LogP contribution in [0, 0.1) is 0 Å². The zero-order valence-corrected chi connectivity index (χ0v) is 18.3. The highest BCUT2D eigenvalue weighted by atomic mass is 16.2. The third-order valence-corrected chi connectivity index (χ3v) is 6.12. The predicted octanol–water partition coefficient (Wildman–Crippen LogP) is 1.41. The van der Waals surface area contributed by atoms with Crippen LogP contribution in [0.5, 0.6) is 0 Å². The molecule has 1 fully saturated rings. The molecule has 32 heavy (non-hydrogen) atoms. The van der Waals surface area contributed by atoms with Crippen molar-refractivity contribution in [1.82, 2.24) is 19.8 Å². The monoisotopic (exact) mass is 435 g/mol. The van der Waals surface area contributed by atoms with Gasteiger partial charge < -0.3 is 10.2 Å². The molecule has 0 bridgehead atoms. The second kappa shape index (κ2) is 9.82. The number of fused-ring (bicyclic) bond motifs is 1. The van der Waals surface area contributed by atoms with Gasteiger partial charge in [-0.3, -0.25) is 24.0 Å². The van der Waals surface area contributed by atoms with E-state index >= 15 is 0 Å². The fourth-order valence-electron chi connectivity index (χ4n) is 4.22. The molecule has 2 heterocycles. The van der Waals surface area contributed by atoms with Gasteiger partial charge in [-0.05, 0) is 31.2 Å². The van der Waals surface area contributed by atoms with Gasteiger partial charge in [-0.2, -0.15) is 0 Å². The molecule has 1 aliphatic rings. The van der Waals surface area contributed by atoms with Gasteiger partial charge in [0.05, 0.1) is 10.9 Å². The summed E-state index contributed by atoms with van der Waals surface area (Å²) in [4.78, 5) is 43.7. The summed E-state index contributed by atoms with van der Waals surface area (Å²) in [6.07, 6.45) is 0.171. The van der Waals surface area contributed by atoms with Crippen molar-refractivity contribution in [1.29, 1.82) is 0 Å².